The van der Waals surface area contributed by atoms with E-state index in [0.717, 1.165) is 23.2 Å². The van der Waals surface area contributed by atoms with Crippen LogP contribution in [0.15, 0.2) is 30.7 Å². The molecule has 7 nitrogen and oxygen atoms in total. The number of alkyl halides is 6. The number of rotatable bonds is 3. The van der Waals surface area contributed by atoms with Gasteiger partial charge in [-0.15, -0.1) is 0 Å². The first-order valence-electron chi connectivity index (χ1n) is 10.4. The molecule has 13 heteroatoms. The van der Waals surface area contributed by atoms with Crippen molar-refractivity contribution in [2.24, 2.45) is 11.8 Å². The van der Waals surface area contributed by atoms with Gasteiger partial charge in [0.2, 0.25) is 0 Å². The fourth-order valence-electron chi connectivity index (χ4n) is 4.61. The molecule has 0 aromatic carbocycles. The Bertz CT molecular complexity index is 1160. The molecule has 0 bridgehead atoms. The molecule has 0 radical (unpaired) electrons. The molecule has 3 aromatic heterocycles. The first kappa shape index (κ1) is 21.7. The average Bonchev–Trinajstić information content (AvgIpc) is 3.35. The SMILES string of the molecule is FC(F)(F)Cn1ncc2ncc(N3CC[C@@H]4CN(c5cc(C(F)(F)F)ccn5)C[C@H]4C3)nc21. The van der Waals surface area contributed by atoms with E-state index in [2.05, 4.69) is 20.1 Å². The van der Waals surface area contributed by atoms with Crippen LogP contribution in [-0.2, 0) is 12.7 Å². The van der Waals surface area contributed by atoms with Crippen LogP contribution in [0.25, 0.3) is 11.2 Å². The van der Waals surface area contributed by atoms with E-state index >= 15 is 0 Å². The fraction of sp³-hybridized carbons (Fsp3) is 0.500. The molecule has 2 aliphatic heterocycles. The minimum absolute atomic E-state index is 0.0631. The van der Waals surface area contributed by atoms with Gasteiger partial charge in [0.05, 0.1) is 18.0 Å². The normalized spacial score (nSPS) is 21.6. The number of piperidine rings is 1. The maximum Gasteiger partial charge on any atom is 0.416 e. The highest BCUT2D eigenvalue weighted by molar-refractivity contribution is 5.71. The lowest BCUT2D eigenvalue weighted by atomic mass is 9.89. The largest absolute Gasteiger partial charge is 0.416 e. The van der Waals surface area contributed by atoms with Gasteiger partial charge in [-0.2, -0.15) is 31.4 Å². The predicted molar refractivity (Wildman–Crippen MR) is 107 cm³/mol. The summed E-state index contributed by atoms with van der Waals surface area (Å²) in [5.74, 6) is 1.20. The molecule has 0 N–H and O–H groups in total. The Morgan fingerprint density at radius 2 is 1.67 bits per heavy atom. The second-order valence-corrected chi connectivity index (χ2v) is 8.41. The summed E-state index contributed by atoms with van der Waals surface area (Å²) in [6.07, 6.45) is -4.15. The molecule has 2 fully saturated rings. The van der Waals surface area contributed by atoms with Gasteiger partial charge in [-0.1, -0.05) is 0 Å². The zero-order valence-corrected chi connectivity index (χ0v) is 17.2. The van der Waals surface area contributed by atoms with Crippen LogP contribution < -0.4 is 9.80 Å². The maximum atomic E-state index is 13.1. The van der Waals surface area contributed by atoms with E-state index in [1.165, 1.54) is 18.6 Å². The molecule has 2 aliphatic rings. The molecule has 0 unspecified atom stereocenters. The zero-order valence-electron chi connectivity index (χ0n) is 17.2. The third-order valence-electron chi connectivity index (χ3n) is 6.18. The van der Waals surface area contributed by atoms with Crippen LogP contribution in [0.3, 0.4) is 0 Å². The summed E-state index contributed by atoms with van der Waals surface area (Å²) in [5, 5.41) is 3.75. The summed E-state index contributed by atoms with van der Waals surface area (Å²) >= 11 is 0. The molecule has 33 heavy (non-hydrogen) atoms. The van der Waals surface area contributed by atoms with Gasteiger partial charge >= 0.3 is 12.4 Å². The van der Waals surface area contributed by atoms with E-state index in [0.29, 0.717) is 37.8 Å². The van der Waals surface area contributed by atoms with Crippen LogP contribution in [-0.4, -0.2) is 57.1 Å². The molecule has 5 rings (SSSR count). The highest BCUT2D eigenvalue weighted by Crippen LogP contribution is 2.37. The average molecular weight is 471 g/mol. The second kappa shape index (κ2) is 7.73. The Kier molecular flexibility index (Phi) is 5.09. The van der Waals surface area contributed by atoms with Gasteiger partial charge in [0.25, 0.3) is 0 Å². The first-order chi connectivity index (χ1) is 15.6. The van der Waals surface area contributed by atoms with Gasteiger partial charge in [-0.3, -0.25) is 0 Å². The summed E-state index contributed by atoms with van der Waals surface area (Å²) in [4.78, 5) is 16.5. The standard InChI is InChI=1S/C20H19F6N7/c21-19(22,23)11-33-18-15(6-29-33)28-7-17(30-18)31-4-2-12-8-32(10-13(12)9-31)16-5-14(1-3-27-16)20(24,25)26/h1,3,5-7,12-13H,2,4,8-11H2/t12-,13-/m1/s1. The van der Waals surface area contributed by atoms with Crippen LogP contribution >= 0.6 is 0 Å². The van der Waals surface area contributed by atoms with E-state index in [1.54, 1.807) is 0 Å². The van der Waals surface area contributed by atoms with Crippen molar-refractivity contribution in [3.8, 4) is 0 Å². The molecule has 2 saturated heterocycles. The van der Waals surface area contributed by atoms with Crippen molar-refractivity contribution in [1.29, 1.82) is 0 Å². The van der Waals surface area contributed by atoms with Crippen molar-refractivity contribution in [3.63, 3.8) is 0 Å². The summed E-state index contributed by atoms with van der Waals surface area (Å²) in [6, 6.07) is 2.02. The molecule has 5 heterocycles. The van der Waals surface area contributed by atoms with Crippen LogP contribution in [0.2, 0.25) is 0 Å². The Labute approximate surface area is 184 Å². The molecule has 0 aliphatic carbocycles. The minimum atomic E-state index is -4.43. The molecule has 176 valence electrons. The Morgan fingerprint density at radius 3 is 2.42 bits per heavy atom. The molecular formula is C20H19F6N7. The monoisotopic (exact) mass is 471 g/mol. The summed E-state index contributed by atoms with van der Waals surface area (Å²) in [5.41, 5.74) is -0.392. The van der Waals surface area contributed by atoms with Crippen molar-refractivity contribution in [2.45, 2.75) is 25.3 Å². The molecule has 2 atom stereocenters. The van der Waals surface area contributed by atoms with Gasteiger partial charge in [-0.05, 0) is 30.4 Å². The van der Waals surface area contributed by atoms with Gasteiger partial charge in [0.15, 0.2) is 5.65 Å². The van der Waals surface area contributed by atoms with Gasteiger partial charge in [0.1, 0.15) is 23.7 Å². The topological polar surface area (TPSA) is 63.0 Å². The number of anilines is 2. The van der Waals surface area contributed by atoms with Crippen molar-refractivity contribution in [2.75, 3.05) is 36.0 Å². The maximum absolute atomic E-state index is 13.1. The van der Waals surface area contributed by atoms with Crippen LogP contribution in [0.1, 0.15) is 12.0 Å². The zero-order chi connectivity index (χ0) is 23.4. The van der Waals surface area contributed by atoms with E-state index in [-0.39, 0.29) is 23.0 Å². The molecule has 3 aromatic rings. The molecular weight excluding hydrogens is 452 g/mol. The molecule has 0 saturated carbocycles. The first-order valence-corrected chi connectivity index (χ1v) is 10.4. The van der Waals surface area contributed by atoms with E-state index in [9.17, 15) is 26.3 Å². The summed E-state index contributed by atoms with van der Waals surface area (Å²) < 4.78 is 78.4. The molecule has 0 amide bonds. The number of aromatic nitrogens is 5. The van der Waals surface area contributed by atoms with Crippen molar-refractivity contribution >= 4 is 22.8 Å². The number of fused-ring (bicyclic) bond motifs is 2. The van der Waals surface area contributed by atoms with Crippen molar-refractivity contribution in [3.05, 3.63) is 36.3 Å². The number of hydrogen-bond donors (Lipinski definition) is 0. The Morgan fingerprint density at radius 1 is 0.909 bits per heavy atom. The fourth-order valence-corrected chi connectivity index (χ4v) is 4.61. The van der Waals surface area contributed by atoms with E-state index in [1.807, 2.05) is 9.80 Å². The van der Waals surface area contributed by atoms with Crippen LogP contribution in [0.5, 0.6) is 0 Å². The van der Waals surface area contributed by atoms with Gasteiger partial charge in [-0.25, -0.2) is 19.6 Å². The highest BCUT2D eigenvalue weighted by Gasteiger charge is 2.39. The smallest absolute Gasteiger partial charge is 0.356 e. The number of halogens is 6. The lowest BCUT2D eigenvalue weighted by Gasteiger charge is -2.34. The van der Waals surface area contributed by atoms with Gasteiger partial charge < -0.3 is 9.80 Å². The Balaban J connectivity index is 1.32. The lowest BCUT2D eigenvalue weighted by molar-refractivity contribution is -0.142. The third-order valence-corrected chi connectivity index (χ3v) is 6.18. The second-order valence-electron chi connectivity index (χ2n) is 8.41. The van der Waals surface area contributed by atoms with Crippen LogP contribution in [0, 0.1) is 11.8 Å². The summed E-state index contributed by atoms with van der Waals surface area (Å²) in [6.45, 7) is 1.09. The molecule has 0 spiro atoms. The predicted octanol–water partition coefficient (Wildman–Crippen LogP) is 3.77. The van der Waals surface area contributed by atoms with Gasteiger partial charge in [0, 0.05) is 32.4 Å². The summed E-state index contributed by atoms with van der Waals surface area (Å²) in [7, 11) is 0. The third kappa shape index (κ3) is 4.40. The van der Waals surface area contributed by atoms with Crippen molar-refractivity contribution < 1.29 is 26.3 Å². The minimum Gasteiger partial charge on any atom is -0.356 e. The van der Waals surface area contributed by atoms with E-state index in [4.69, 9.17) is 0 Å². The van der Waals surface area contributed by atoms with Crippen molar-refractivity contribution in [1.82, 2.24) is 24.7 Å². The number of pyridine rings is 1. The van der Waals surface area contributed by atoms with Crippen LogP contribution in [0.4, 0.5) is 38.0 Å². The number of nitrogens with zero attached hydrogens (tertiary/aromatic N) is 7. The quantitative estimate of drug-likeness (QED) is 0.542. The number of hydrogen-bond acceptors (Lipinski definition) is 6. The highest BCUT2D eigenvalue weighted by atomic mass is 19.4. The Hall–Kier alpha value is -3.12. The lowest BCUT2D eigenvalue weighted by Crippen LogP contribution is -2.40. The van der Waals surface area contributed by atoms with E-state index < -0.39 is 24.5 Å².